The van der Waals surface area contributed by atoms with E-state index in [0.717, 1.165) is 11.5 Å². The average molecular weight is 285 g/mol. The van der Waals surface area contributed by atoms with E-state index in [2.05, 4.69) is 21.4 Å². The summed E-state index contributed by atoms with van der Waals surface area (Å²) in [5.74, 6) is 1.01. The topological polar surface area (TPSA) is 48.8 Å². The molecule has 0 aromatic carbocycles. The summed E-state index contributed by atoms with van der Waals surface area (Å²) in [5, 5.41) is 0. The fraction of sp³-hybridized carbons (Fsp3) is 0.786. The molecule has 6 nitrogen and oxygen atoms in total. The van der Waals surface area contributed by atoms with E-state index >= 15 is 0 Å². The molecule has 116 valence electrons. The molecule has 6 heteroatoms. The monoisotopic (exact) mass is 285 g/mol. The first-order valence-corrected chi connectivity index (χ1v) is 6.81. The Labute approximate surface area is 121 Å². The van der Waals surface area contributed by atoms with Gasteiger partial charge in [-0.25, -0.2) is 9.88 Å². The van der Waals surface area contributed by atoms with Crippen molar-refractivity contribution in [1.82, 2.24) is 14.5 Å². The van der Waals surface area contributed by atoms with Crippen LogP contribution in [0.3, 0.4) is 0 Å². The maximum absolute atomic E-state index is 5.74. The SMILES string of the molecule is COCC(C)OCN(COC)Cn1c(C)nc(C)c1C. The number of imidazole rings is 1. The van der Waals surface area contributed by atoms with Crippen molar-refractivity contribution in [3.63, 3.8) is 0 Å². The predicted octanol–water partition coefficient (Wildman–Crippen LogP) is 1.68. The Morgan fingerprint density at radius 3 is 2.35 bits per heavy atom. The first kappa shape index (κ1) is 17.1. The first-order chi connectivity index (χ1) is 9.49. The molecule has 0 radical (unpaired) electrons. The molecule has 0 N–H and O–H groups in total. The number of nitrogens with zero attached hydrogens (tertiary/aromatic N) is 3. The zero-order valence-corrected chi connectivity index (χ0v) is 13.5. The van der Waals surface area contributed by atoms with Gasteiger partial charge in [0.1, 0.15) is 19.3 Å². The second-order valence-electron chi connectivity index (χ2n) is 5.05. The third-order valence-electron chi connectivity index (χ3n) is 3.24. The van der Waals surface area contributed by atoms with Gasteiger partial charge in [-0.1, -0.05) is 0 Å². The lowest BCUT2D eigenvalue weighted by atomic mass is 10.4. The number of methoxy groups -OCH3 is 2. The van der Waals surface area contributed by atoms with Gasteiger partial charge >= 0.3 is 0 Å². The highest BCUT2D eigenvalue weighted by Gasteiger charge is 2.13. The van der Waals surface area contributed by atoms with Gasteiger partial charge in [0.2, 0.25) is 0 Å². The average Bonchev–Trinajstić information content (AvgIpc) is 2.63. The maximum Gasteiger partial charge on any atom is 0.107 e. The van der Waals surface area contributed by atoms with Crippen molar-refractivity contribution in [1.29, 1.82) is 0 Å². The Kier molecular flexibility index (Phi) is 7.15. The third kappa shape index (κ3) is 4.86. The first-order valence-electron chi connectivity index (χ1n) is 6.81. The van der Waals surface area contributed by atoms with E-state index in [-0.39, 0.29) is 6.10 Å². The van der Waals surface area contributed by atoms with Gasteiger partial charge in [0.25, 0.3) is 0 Å². The number of hydrogen-bond acceptors (Lipinski definition) is 5. The molecular weight excluding hydrogens is 258 g/mol. The van der Waals surface area contributed by atoms with Crippen LogP contribution in [0.15, 0.2) is 0 Å². The van der Waals surface area contributed by atoms with Crippen molar-refractivity contribution in [3.05, 3.63) is 17.2 Å². The summed E-state index contributed by atoms with van der Waals surface area (Å²) in [5.41, 5.74) is 2.24. The molecule has 0 fully saturated rings. The molecule has 0 amide bonds. The summed E-state index contributed by atoms with van der Waals surface area (Å²) in [6.07, 6.45) is 0.0612. The molecular formula is C14H27N3O3. The highest BCUT2D eigenvalue weighted by atomic mass is 16.5. The van der Waals surface area contributed by atoms with Crippen LogP contribution in [0.5, 0.6) is 0 Å². The molecule has 1 unspecified atom stereocenters. The van der Waals surface area contributed by atoms with Crippen molar-refractivity contribution in [2.75, 3.05) is 34.3 Å². The summed E-state index contributed by atoms with van der Waals surface area (Å²) in [4.78, 5) is 6.56. The van der Waals surface area contributed by atoms with Crippen LogP contribution >= 0.6 is 0 Å². The van der Waals surface area contributed by atoms with E-state index in [1.807, 2.05) is 20.8 Å². The van der Waals surface area contributed by atoms with Gasteiger partial charge in [-0.05, 0) is 27.7 Å². The third-order valence-corrected chi connectivity index (χ3v) is 3.24. The van der Waals surface area contributed by atoms with Crippen molar-refractivity contribution in [2.24, 2.45) is 0 Å². The molecule has 1 atom stereocenters. The minimum absolute atomic E-state index is 0.0612. The molecule has 0 spiro atoms. The number of ether oxygens (including phenoxy) is 3. The number of rotatable bonds is 9. The van der Waals surface area contributed by atoms with Gasteiger partial charge < -0.3 is 18.8 Å². The van der Waals surface area contributed by atoms with E-state index in [1.165, 1.54) is 5.69 Å². The standard InChI is InChI=1S/C14H27N3O3/c1-11(7-18-5)20-10-16(9-19-6)8-17-13(3)12(2)15-14(17)4/h11H,7-10H2,1-6H3. The Bertz CT molecular complexity index is 407. The molecule has 0 aliphatic carbocycles. The molecule has 1 aromatic heterocycles. The van der Waals surface area contributed by atoms with E-state index in [1.54, 1.807) is 14.2 Å². The van der Waals surface area contributed by atoms with Crippen LogP contribution in [0.25, 0.3) is 0 Å². The Morgan fingerprint density at radius 2 is 1.85 bits per heavy atom. The van der Waals surface area contributed by atoms with Crippen molar-refractivity contribution in [2.45, 2.75) is 40.5 Å². The molecule has 0 saturated carbocycles. The van der Waals surface area contributed by atoms with Gasteiger partial charge in [0, 0.05) is 19.9 Å². The molecule has 1 heterocycles. The van der Waals surface area contributed by atoms with Gasteiger partial charge in [-0.3, -0.25) is 0 Å². The number of hydrogen-bond donors (Lipinski definition) is 0. The van der Waals surface area contributed by atoms with Gasteiger partial charge in [0.05, 0.1) is 25.1 Å². The Hall–Kier alpha value is -0.950. The van der Waals surface area contributed by atoms with Crippen LogP contribution in [0.1, 0.15) is 24.1 Å². The smallest absolute Gasteiger partial charge is 0.107 e. The van der Waals surface area contributed by atoms with Crippen LogP contribution in [-0.2, 0) is 20.9 Å². The molecule has 0 bridgehead atoms. The van der Waals surface area contributed by atoms with Crippen LogP contribution in [-0.4, -0.2) is 54.8 Å². The minimum atomic E-state index is 0.0612. The van der Waals surface area contributed by atoms with Gasteiger partial charge in [-0.2, -0.15) is 0 Å². The van der Waals surface area contributed by atoms with E-state index in [9.17, 15) is 0 Å². The van der Waals surface area contributed by atoms with E-state index in [4.69, 9.17) is 14.2 Å². The fourth-order valence-electron chi connectivity index (χ4n) is 2.05. The van der Waals surface area contributed by atoms with Crippen LogP contribution in [0.4, 0.5) is 0 Å². The molecule has 1 rings (SSSR count). The molecule has 0 aliphatic heterocycles. The zero-order chi connectivity index (χ0) is 15.1. The lowest BCUT2D eigenvalue weighted by Crippen LogP contribution is -2.33. The lowest BCUT2D eigenvalue weighted by Gasteiger charge is -2.24. The Morgan fingerprint density at radius 1 is 1.15 bits per heavy atom. The highest BCUT2D eigenvalue weighted by Crippen LogP contribution is 2.10. The highest BCUT2D eigenvalue weighted by molar-refractivity contribution is 5.13. The number of aromatic nitrogens is 2. The zero-order valence-electron chi connectivity index (χ0n) is 13.5. The van der Waals surface area contributed by atoms with Crippen LogP contribution < -0.4 is 0 Å². The summed E-state index contributed by atoms with van der Waals surface area (Å²) in [7, 11) is 3.36. The lowest BCUT2D eigenvalue weighted by molar-refractivity contribution is -0.0853. The van der Waals surface area contributed by atoms with Crippen molar-refractivity contribution >= 4 is 0 Å². The Balaban J connectivity index is 2.62. The molecule has 0 saturated heterocycles. The minimum Gasteiger partial charge on any atom is -0.382 e. The predicted molar refractivity (Wildman–Crippen MR) is 77.4 cm³/mol. The summed E-state index contributed by atoms with van der Waals surface area (Å²) in [6.45, 7) is 10.4. The number of aryl methyl sites for hydroxylation is 2. The van der Waals surface area contributed by atoms with Crippen molar-refractivity contribution in [3.8, 4) is 0 Å². The molecule has 1 aromatic rings. The van der Waals surface area contributed by atoms with Gasteiger partial charge in [0.15, 0.2) is 0 Å². The van der Waals surface area contributed by atoms with Crippen molar-refractivity contribution < 1.29 is 14.2 Å². The fourth-order valence-corrected chi connectivity index (χ4v) is 2.05. The largest absolute Gasteiger partial charge is 0.382 e. The molecule has 20 heavy (non-hydrogen) atoms. The second kappa shape index (κ2) is 8.36. The summed E-state index contributed by atoms with van der Waals surface area (Å²) >= 11 is 0. The summed E-state index contributed by atoms with van der Waals surface area (Å²) in [6, 6.07) is 0. The normalized spacial score (nSPS) is 13.2. The summed E-state index contributed by atoms with van der Waals surface area (Å²) < 4.78 is 18.2. The van der Waals surface area contributed by atoms with E-state index < -0.39 is 0 Å². The quantitative estimate of drug-likeness (QED) is 0.646. The molecule has 0 aliphatic rings. The maximum atomic E-state index is 5.74. The van der Waals surface area contributed by atoms with Crippen LogP contribution in [0, 0.1) is 20.8 Å². The van der Waals surface area contributed by atoms with Crippen LogP contribution in [0.2, 0.25) is 0 Å². The van der Waals surface area contributed by atoms with E-state index in [0.29, 0.717) is 26.7 Å². The second-order valence-corrected chi connectivity index (χ2v) is 5.05. The van der Waals surface area contributed by atoms with Gasteiger partial charge in [-0.15, -0.1) is 0 Å².